The van der Waals surface area contributed by atoms with Crippen LogP contribution in [0.15, 0.2) is 73.8 Å². The van der Waals surface area contributed by atoms with Gasteiger partial charge in [0.2, 0.25) is 5.91 Å². The summed E-state index contributed by atoms with van der Waals surface area (Å²) in [6.45, 7) is 11.7. The minimum Gasteiger partial charge on any atom is -0.465 e. The minimum absolute atomic E-state index is 0.101. The maximum absolute atomic E-state index is 14.9. The molecule has 7 nitrogen and oxygen atoms in total. The second-order valence-electron chi connectivity index (χ2n) is 11.2. The molecule has 1 N–H and O–H groups in total. The number of benzene rings is 2. The fraction of sp³-hybridized carbons (Fsp3) is 0.424. The number of aliphatic hydroxyl groups is 1. The summed E-state index contributed by atoms with van der Waals surface area (Å²) in [6, 6.07) is 13.7. The number of likely N-dealkylation sites (tertiary alicyclic amines) is 1. The van der Waals surface area contributed by atoms with Crippen molar-refractivity contribution < 1.29 is 24.2 Å². The Kier molecular flexibility index (Phi) is 8.43. The quantitative estimate of drug-likeness (QED) is 0.237. The summed E-state index contributed by atoms with van der Waals surface area (Å²) in [4.78, 5) is 46.1. The third-order valence-corrected chi connectivity index (χ3v) is 10.7. The average Bonchev–Trinajstić information content (AvgIpc) is 3.62. The summed E-state index contributed by atoms with van der Waals surface area (Å²) < 4.78 is 4.80. The molecule has 216 valence electrons. The third kappa shape index (κ3) is 4.91. The van der Waals surface area contributed by atoms with E-state index in [2.05, 4.69) is 13.2 Å². The lowest BCUT2D eigenvalue weighted by atomic mass is 9.71. The van der Waals surface area contributed by atoms with Gasteiger partial charge in [-0.1, -0.05) is 54.6 Å². The van der Waals surface area contributed by atoms with Crippen molar-refractivity contribution >= 4 is 35.2 Å². The highest BCUT2D eigenvalue weighted by atomic mass is 32.2. The molecule has 0 aliphatic carbocycles. The molecular formula is C33H38N2O5S. The molecule has 5 rings (SSSR count). The van der Waals surface area contributed by atoms with E-state index in [0.717, 1.165) is 22.4 Å². The van der Waals surface area contributed by atoms with Crippen LogP contribution in [0.25, 0.3) is 0 Å². The van der Waals surface area contributed by atoms with E-state index < -0.39 is 34.6 Å². The standard InChI is InChI=1S/C33H38N2O5S/c1-5-7-18-40-32(39)27-26-15-16-33(41-26)28(27)30(37)35(25(20-36)23-11-9-8-10-12-23)29(33)31(38)34(17-6-2)24-19-21(3)13-14-22(24)4/h5-6,8-14,19,25-29,36H,1-2,7,15-18,20H2,3-4H3/t25-,26+,27-,28+,29?,33?/m1/s1. The minimum atomic E-state index is -0.877. The van der Waals surface area contributed by atoms with Gasteiger partial charge >= 0.3 is 5.97 Å². The van der Waals surface area contributed by atoms with Crippen LogP contribution in [0, 0.1) is 25.7 Å². The number of rotatable bonds is 11. The second-order valence-corrected chi connectivity index (χ2v) is 12.8. The van der Waals surface area contributed by atoms with E-state index in [1.54, 1.807) is 33.7 Å². The third-order valence-electron chi connectivity index (χ3n) is 8.74. The number of amides is 2. The van der Waals surface area contributed by atoms with E-state index >= 15 is 0 Å². The van der Waals surface area contributed by atoms with Crippen molar-refractivity contribution in [2.45, 2.75) is 55.2 Å². The van der Waals surface area contributed by atoms with Gasteiger partial charge in [-0.25, -0.2) is 0 Å². The molecule has 3 fully saturated rings. The zero-order chi connectivity index (χ0) is 29.3. The number of aliphatic hydroxyl groups excluding tert-OH is 1. The van der Waals surface area contributed by atoms with E-state index in [0.29, 0.717) is 19.3 Å². The monoisotopic (exact) mass is 574 g/mol. The van der Waals surface area contributed by atoms with E-state index in [-0.39, 0.29) is 36.8 Å². The van der Waals surface area contributed by atoms with Crippen molar-refractivity contribution in [3.05, 3.63) is 90.5 Å². The molecule has 8 heteroatoms. The molecule has 2 aromatic carbocycles. The van der Waals surface area contributed by atoms with Gasteiger partial charge in [-0.05, 0) is 55.9 Å². The lowest BCUT2D eigenvalue weighted by Crippen LogP contribution is -2.56. The van der Waals surface area contributed by atoms with Crippen molar-refractivity contribution in [3.63, 3.8) is 0 Å². The molecule has 6 atom stereocenters. The first-order valence-electron chi connectivity index (χ1n) is 14.2. The van der Waals surface area contributed by atoms with Gasteiger partial charge in [0.25, 0.3) is 5.91 Å². The van der Waals surface area contributed by atoms with E-state index in [1.165, 1.54) is 0 Å². The zero-order valence-electron chi connectivity index (χ0n) is 23.7. The van der Waals surface area contributed by atoms with Gasteiger partial charge in [0.1, 0.15) is 6.04 Å². The lowest BCUT2D eigenvalue weighted by molar-refractivity contribution is -0.154. The summed E-state index contributed by atoms with van der Waals surface area (Å²) in [5, 5.41) is 10.6. The molecule has 3 aliphatic heterocycles. The van der Waals surface area contributed by atoms with E-state index in [9.17, 15) is 19.5 Å². The molecule has 3 aliphatic rings. The number of anilines is 1. The van der Waals surface area contributed by atoms with Crippen molar-refractivity contribution in [1.29, 1.82) is 0 Å². The molecule has 3 heterocycles. The SMILES string of the molecule is C=CCCOC(=O)[C@@H]1[C@@H]2CCC3(S2)C(C(=O)N(CC=C)c2cc(C)ccc2C)N([C@H](CO)c2ccccc2)C(=O)[C@H]13. The van der Waals surface area contributed by atoms with E-state index in [1.807, 2.05) is 62.4 Å². The number of esters is 1. The van der Waals surface area contributed by atoms with Crippen LogP contribution >= 0.6 is 11.8 Å². The topological polar surface area (TPSA) is 87.2 Å². The smallest absolute Gasteiger partial charge is 0.310 e. The van der Waals surface area contributed by atoms with Crippen molar-refractivity contribution in [1.82, 2.24) is 4.90 Å². The summed E-state index contributed by atoms with van der Waals surface area (Å²) in [6.07, 6.45) is 5.25. The number of fused-ring (bicyclic) bond motifs is 1. The lowest BCUT2D eigenvalue weighted by Gasteiger charge is -2.40. The van der Waals surface area contributed by atoms with Crippen molar-refractivity contribution in [3.8, 4) is 0 Å². The molecule has 2 bridgehead atoms. The molecule has 2 aromatic rings. The predicted molar refractivity (Wildman–Crippen MR) is 161 cm³/mol. The molecule has 0 aromatic heterocycles. The van der Waals surface area contributed by atoms with Gasteiger partial charge in [0, 0.05) is 17.5 Å². The van der Waals surface area contributed by atoms with Crippen LogP contribution in [0.3, 0.4) is 0 Å². The Hall–Kier alpha value is -3.36. The number of nitrogens with zero attached hydrogens (tertiary/aromatic N) is 2. The Morgan fingerprint density at radius 2 is 1.95 bits per heavy atom. The Morgan fingerprint density at radius 3 is 2.63 bits per heavy atom. The predicted octanol–water partition coefficient (Wildman–Crippen LogP) is 4.77. The molecule has 0 saturated carbocycles. The van der Waals surface area contributed by atoms with Crippen molar-refractivity contribution in [2.24, 2.45) is 11.8 Å². The number of hydrogen-bond donors (Lipinski definition) is 1. The van der Waals surface area contributed by atoms with Crippen LogP contribution in [0.5, 0.6) is 0 Å². The number of carbonyl (C=O) groups excluding carboxylic acids is 3. The van der Waals surface area contributed by atoms with Gasteiger partial charge in [0.05, 0.1) is 35.8 Å². The molecule has 1 spiro atoms. The van der Waals surface area contributed by atoms with Crippen LogP contribution in [-0.4, -0.2) is 63.6 Å². The highest BCUT2D eigenvalue weighted by Crippen LogP contribution is 2.67. The molecule has 41 heavy (non-hydrogen) atoms. The maximum Gasteiger partial charge on any atom is 0.310 e. The summed E-state index contributed by atoms with van der Waals surface area (Å²) >= 11 is 1.59. The molecular weight excluding hydrogens is 536 g/mol. The summed E-state index contributed by atoms with van der Waals surface area (Å²) in [7, 11) is 0. The Balaban J connectivity index is 1.63. The maximum atomic E-state index is 14.9. The fourth-order valence-corrected chi connectivity index (χ4v) is 9.12. The highest BCUT2D eigenvalue weighted by Gasteiger charge is 2.75. The van der Waals surface area contributed by atoms with Crippen LogP contribution in [0.4, 0.5) is 5.69 Å². The second kappa shape index (κ2) is 11.9. The number of hydrogen-bond acceptors (Lipinski definition) is 6. The first-order chi connectivity index (χ1) is 19.8. The first kappa shape index (κ1) is 29.1. The van der Waals surface area contributed by atoms with Crippen LogP contribution in [-0.2, 0) is 19.1 Å². The number of carbonyl (C=O) groups is 3. The van der Waals surface area contributed by atoms with E-state index in [4.69, 9.17) is 4.74 Å². The first-order valence-corrected chi connectivity index (χ1v) is 15.1. The molecule has 0 radical (unpaired) electrons. The largest absolute Gasteiger partial charge is 0.465 e. The fourth-order valence-electron chi connectivity index (χ4n) is 6.94. The van der Waals surface area contributed by atoms with Gasteiger partial charge in [-0.15, -0.1) is 24.9 Å². The summed E-state index contributed by atoms with van der Waals surface area (Å²) in [5.41, 5.74) is 3.45. The van der Waals surface area contributed by atoms with Crippen LogP contribution in [0.1, 0.15) is 42.0 Å². The summed E-state index contributed by atoms with van der Waals surface area (Å²) in [5.74, 6) is -2.24. The molecule has 2 unspecified atom stereocenters. The van der Waals surface area contributed by atoms with Gasteiger partial charge in [-0.3, -0.25) is 14.4 Å². The molecule has 2 amide bonds. The number of thioether (sulfide) groups is 1. The van der Waals surface area contributed by atoms with Gasteiger partial charge in [-0.2, -0.15) is 0 Å². The number of aryl methyl sites for hydroxylation is 2. The van der Waals surface area contributed by atoms with Gasteiger partial charge < -0.3 is 19.6 Å². The Bertz CT molecular complexity index is 1350. The zero-order valence-corrected chi connectivity index (χ0v) is 24.5. The van der Waals surface area contributed by atoms with Gasteiger partial charge in [0.15, 0.2) is 0 Å². The van der Waals surface area contributed by atoms with Crippen LogP contribution in [0.2, 0.25) is 0 Å². The highest BCUT2D eigenvalue weighted by molar-refractivity contribution is 8.02. The Labute approximate surface area is 246 Å². The van der Waals surface area contributed by atoms with Crippen LogP contribution < -0.4 is 4.90 Å². The number of ether oxygens (including phenoxy) is 1. The molecule has 3 saturated heterocycles. The normalized spacial score (nSPS) is 26.9. The average molecular weight is 575 g/mol. The Morgan fingerprint density at radius 1 is 1.20 bits per heavy atom. The van der Waals surface area contributed by atoms with Crippen molar-refractivity contribution in [2.75, 3.05) is 24.7 Å².